The second-order valence-electron chi connectivity index (χ2n) is 13.8. The lowest BCUT2D eigenvalue weighted by Crippen LogP contribution is -2.00. The van der Waals surface area contributed by atoms with Gasteiger partial charge in [-0.15, -0.1) is 0 Å². The van der Waals surface area contributed by atoms with Crippen LogP contribution < -0.4 is 0 Å². The van der Waals surface area contributed by atoms with Gasteiger partial charge in [-0.2, -0.15) is 0 Å². The molecule has 0 amide bonds. The molecule has 0 saturated carbocycles. The van der Waals surface area contributed by atoms with Gasteiger partial charge in [0, 0.05) is 27.6 Å². The largest absolute Gasteiger partial charge is 0.435 e. The molecule has 0 spiro atoms. The van der Waals surface area contributed by atoms with Crippen molar-refractivity contribution in [1.29, 1.82) is 0 Å². The van der Waals surface area contributed by atoms with E-state index in [0.29, 0.717) is 23.4 Å². The van der Waals surface area contributed by atoms with E-state index in [1.165, 1.54) is 32.3 Å². The number of rotatable bonds is 5. The Bertz CT molecular complexity index is 3210. The van der Waals surface area contributed by atoms with Gasteiger partial charge in [0.1, 0.15) is 5.52 Å². The molecule has 2 heterocycles. The van der Waals surface area contributed by atoms with Gasteiger partial charge in [-0.25, -0.2) is 19.9 Å². The first kappa shape index (κ1) is 31.1. The van der Waals surface area contributed by atoms with Crippen molar-refractivity contribution in [2.75, 3.05) is 0 Å². The molecule has 5 nitrogen and oxygen atoms in total. The van der Waals surface area contributed by atoms with Crippen LogP contribution in [-0.4, -0.2) is 19.9 Å². The molecule has 0 aliphatic carbocycles. The van der Waals surface area contributed by atoms with Crippen molar-refractivity contribution < 1.29 is 4.42 Å². The van der Waals surface area contributed by atoms with Crippen LogP contribution in [0.25, 0.3) is 111 Å². The summed E-state index contributed by atoms with van der Waals surface area (Å²) in [5.74, 6) is 2.48. The maximum Gasteiger partial charge on any atom is 0.227 e. The van der Waals surface area contributed by atoms with Gasteiger partial charge in [0.25, 0.3) is 0 Å². The smallest absolute Gasteiger partial charge is 0.227 e. The quantitative estimate of drug-likeness (QED) is 0.167. The second-order valence-corrected chi connectivity index (χ2v) is 13.8. The predicted octanol–water partition coefficient (Wildman–Crippen LogP) is 13.0. The lowest BCUT2D eigenvalue weighted by Gasteiger charge is -2.13. The van der Waals surface area contributed by atoms with Crippen molar-refractivity contribution in [1.82, 2.24) is 19.9 Å². The minimum Gasteiger partial charge on any atom is -0.435 e. The minimum absolute atomic E-state index is 0.612. The summed E-state index contributed by atoms with van der Waals surface area (Å²) in [5, 5.41) is 9.43. The van der Waals surface area contributed by atoms with E-state index in [0.717, 1.165) is 55.3 Å². The number of nitrogens with zero attached hydrogens (tertiary/aromatic N) is 4. The van der Waals surface area contributed by atoms with Crippen molar-refractivity contribution >= 4 is 54.2 Å². The number of hydrogen-bond acceptors (Lipinski definition) is 5. The van der Waals surface area contributed by atoms with Crippen molar-refractivity contribution in [3.63, 3.8) is 0 Å². The number of benzene rings is 9. The highest BCUT2D eigenvalue weighted by molar-refractivity contribution is 6.25. The predicted molar refractivity (Wildman–Crippen MR) is 225 cm³/mol. The molecule has 0 fully saturated rings. The molecule has 256 valence electrons. The third kappa shape index (κ3) is 5.24. The van der Waals surface area contributed by atoms with Crippen LogP contribution in [0.3, 0.4) is 0 Å². The molecule has 11 aromatic rings. The van der Waals surface area contributed by atoms with E-state index in [-0.39, 0.29) is 0 Å². The summed E-state index contributed by atoms with van der Waals surface area (Å²) in [6.45, 7) is 0. The average molecular weight is 703 g/mol. The zero-order chi connectivity index (χ0) is 36.3. The van der Waals surface area contributed by atoms with E-state index < -0.39 is 0 Å². The van der Waals surface area contributed by atoms with E-state index in [1.54, 1.807) is 0 Å². The second kappa shape index (κ2) is 12.6. The fourth-order valence-corrected chi connectivity index (χ4v) is 7.90. The first-order valence-corrected chi connectivity index (χ1v) is 18.4. The minimum atomic E-state index is 0.612. The Morgan fingerprint density at radius 3 is 1.49 bits per heavy atom. The maximum absolute atomic E-state index is 6.47. The summed E-state index contributed by atoms with van der Waals surface area (Å²) in [7, 11) is 0. The summed E-state index contributed by atoms with van der Waals surface area (Å²) in [6, 6.07) is 62.9. The Hall–Kier alpha value is -7.50. The SMILES string of the molecule is c1ccc(-c2nc(-c3ccc(-c4cccc5ccc6nc(-c7ccccc7)oc6c45)cc3)nc(-c3ccc4c5ccccc5c5ccccc5c4c3)n2)cc1. The highest BCUT2D eigenvalue weighted by Gasteiger charge is 2.17. The Kier molecular flexibility index (Phi) is 7.10. The van der Waals surface area contributed by atoms with Crippen molar-refractivity contribution in [3.05, 3.63) is 182 Å². The zero-order valence-corrected chi connectivity index (χ0v) is 29.5. The third-order valence-corrected chi connectivity index (χ3v) is 10.5. The molecular formula is C50H30N4O. The van der Waals surface area contributed by atoms with E-state index in [1.807, 2.05) is 66.7 Å². The van der Waals surface area contributed by atoms with Crippen LogP contribution >= 0.6 is 0 Å². The molecule has 55 heavy (non-hydrogen) atoms. The summed E-state index contributed by atoms with van der Waals surface area (Å²) in [5.41, 5.74) is 7.46. The summed E-state index contributed by atoms with van der Waals surface area (Å²) in [4.78, 5) is 20.1. The van der Waals surface area contributed by atoms with Gasteiger partial charge in [0.15, 0.2) is 23.1 Å². The van der Waals surface area contributed by atoms with E-state index >= 15 is 0 Å². The molecule has 0 aliphatic heterocycles. The molecule has 0 atom stereocenters. The lowest BCUT2D eigenvalue weighted by atomic mass is 9.93. The molecule has 0 saturated heterocycles. The van der Waals surface area contributed by atoms with Gasteiger partial charge < -0.3 is 4.42 Å². The molecule has 0 aliphatic rings. The lowest BCUT2D eigenvalue weighted by molar-refractivity contribution is 0.623. The molecule has 0 unspecified atom stereocenters. The van der Waals surface area contributed by atoms with Gasteiger partial charge in [-0.3, -0.25) is 0 Å². The summed E-state index contributed by atoms with van der Waals surface area (Å²) < 4.78 is 6.47. The first-order chi connectivity index (χ1) is 27.2. The molecule has 5 heteroatoms. The van der Waals surface area contributed by atoms with Gasteiger partial charge >= 0.3 is 0 Å². The normalized spacial score (nSPS) is 11.6. The van der Waals surface area contributed by atoms with E-state index in [4.69, 9.17) is 24.4 Å². The van der Waals surface area contributed by atoms with Gasteiger partial charge in [-0.05, 0) is 73.1 Å². The third-order valence-electron chi connectivity index (χ3n) is 10.5. The Labute approximate surface area is 316 Å². The van der Waals surface area contributed by atoms with Crippen molar-refractivity contribution in [3.8, 4) is 56.7 Å². The van der Waals surface area contributed by atoms with Gasteiger partial charge in [0.05, 0.1) is 0 Å². The van der Waals surface area contributed by atoms with Crippen LogP contribution in [-0.2, 0) is 0 Å². The van der Waals surface area contributed by atoms with Crippen molar-refractivity contribution in [2.24, 2.45) is 0 Å². The van der Waals surface area contributed by atoms with Crippen LogP contribution in [0.1, 0.15) is 0 Å². The highest BCUT2D eigenvalue weighted by Crippen LogP contribution is 2.39. The van der Waals surface area contributed by atoms with Crippen molar-refractivity contribution in [2.45, 2.75) is 0 Å². The van der Waals surface area contributed by atoms with Crippen LogP contribution in [0.5, 0.6) is 0 Å². The van der Waals surface area contributed by atoms with Crippen LogP contribution in [0.4, 0.5) is 0 Å². The van der Waals surface area contributed by atoms with Crippen LogP contribution in [0, 0.1) is 0 Å². The number of aromatic nitrogens is 4. The monoisotopic (exact) mass is 702 g/mol. The number of fused-ring (bicyclic) bond motifs is 9. The summed E-state index contributed by atoms with van der Waals surface area (Å²) in [6.07, 6.45) is 0. The number of oxazole rings is 1. The Balaban J connectivity index is 1.04. The number of hydrogen-bond donors (Lipinski definition) is 0. The maximum atomic E-state index is 6.47. The topological polar surface area (TPSA) is 64.7 Å². The molecule has 2 aromatic heterocycles. The van der Waals surface area contributed by atoms with Gasteiger partial charge in [0.2, 0.25) is 5.89 Å². The van der Waals surface area contributed by atoms with Crippen LogP contribution in [0.15, 0.2) is 186 Å². The highest BCUT2D eigenvalue weighted by atomic mass is 16.3. The summed E-state index contributed by atoms with van der Waals surface area (Å²) >= 11 is 0. The fourth-order valence-electron chi connectivity index (χ4n) is 7.90. The van der Waals surface area contributed by atoms with E-state index in [2.05, 4.69) is 115 Å². The molecule has 0 bridgehead atoms. The Morgan fingerprint density at radius 1 is 0.327 bits per heavy atom. The molecular weight excluding hydrogens is 673 g/mol. The standard InChI is InChI=1S/C50H30N4O/c1-3-12-33(13-4-1)47-52-48(54-49(53-47)36-26-28-42-40-19-8-7-17-38(40)39-18-9-10-20-41(39)43(42)30-36)34-24-22-31(23-25-34)37-21-11-16-32-27-29-44-46(45(32)37)55-50(51-44)35-14-5-2-6-15-35/h1-30H. The van der Waals surface area contributed by atoms with Gasteiger partial charge in [-0.1, -0.05) is 158 Å². The Morgan fingerprint density at radius 2 is 0.836 bits per heavy atom. The molecule has 11 rings (SSSR count). The average Bonchev–Trinajstić information content (AvgIpc) is 3.72. The molecule has 0 N–H and O–H groups in total. The van der Waals surface area contributed by atoms with Crippen LogP contribution in [0.2, 0.25) is 0 Å². The first-order valence-electron chi connectivity index (χ1n) is 18.4. The fraction of sp³-hybridized carbons (Fsp3) is 0. The molecule has 9 aromatic carbocycles. The zero-order valence-electron chi connectivity index (χ0n) is 29.5. The van der Waals surface area contributed by atoms with E-state index in [9.17, 15) is 0 Å². The molecule has 0 radical (unpaired) electrons.